The number of nitrogens with one attached hydrogen (secondary N) is 3. The highest BCUT2D eigenvalue weighted by Gasteiger charge is 2.08. The van der Waals surface area contributed by atoms with Crippen molar-refractivity contribution in [2.24, 2.45) is 0 Å². The number of pyridine rings is 2. The topological polar surface area (TPSA) is 95.6 Å². The van der Waals surface area contributed by atoms with Gasteiger partial charge in [-0.25, -0.2) is 14.8 Å². The molecule has 3 aromatic rings. The van der Waals surface area contributed by atoms with Crippen molar-refractivity contribution >= 4 is 23.0 Å². The minimum Gasteiger partial charge on any atom is -0.338 e. The van der Waals surface area contributed by atoms with Crippen LogP contribution in [0.25, 0.3) is 22.6 Å². The molecule has 0 aromatic carbocycles. The lowest BCUT2D eigenvalue weighted by atomic mass is 10.3. The highest BCUT2D eigenvalue weighted by Crippen LogP contribution is 2.19. The second-order valence-electron chi connectivity index (χ2n) is 4.38. The Bertz CT molecular complexity index is 767. The van der Waals surface area contributed by atoms with Gasteiger partial charge in [0.15, 0.2) is 5.65 Å². The second kappa shape index (κ2) is 5.58. The molecule has 0 radical (unpaired) electrons. The van der Waals surface area contributed by atoms with Gasteiger partial charge in [0, 0.05) is 24.5 Å². The number of anilines is 1. The number of urea groups is 1. The Kier molecular flexibility index (Phi) is 3.46. The zero-order valence-electron chi connectivity index (χ0n) is 11.4. The number of fused-ring (bicyclic) bond motifs is 1. The molecule has 0 fully saturated rings. The Morgan fingerprint density at radius 3 is 2.95 bits per heavy atom. The highest BCUT2D eigenvalue weighted by molar-refractivity contribution is 5.89. The Morgan fingerprint density at radius 1 is 1.29 bits per heavy atom. The first-order valence-corrected chi connectivity index (χ1v) is 6.58. The average molecular weight is 282 g/mol. The summed E-state index contributed by atoms with van der Waals surface area (Å²) in [5.74, 6) is 1.16. The van der Waals surface area contributed by atoms with Gasteiger partial charge < -0.3 is 10.3 Å². The molecule has 0 aliphatic rings. The van der Waals surface area contributed by atoms with Crippen LogP contribution < -0.4 is 10.6 Å². The van der Waals surface area contributed by atoms with E-state index >= 15 is 0 Å². The number of imidazole rings is 1. The third kappa shape index (κ3) is 2.81. The predicted molar refractivity (Wildman–Crippen MR) is 79.8 cm³/mol. The van der Waals surface area contributed by atoms with Crippen LogP contribution in [0.15, 0.2) is 36.7 Å². The number of hydrogen-bond donors (Lipinski definition) is 3. The van der Waals surface area contributed by atoms with Crippen LogP contribution in [0.4, 0.5) is 10.6 Å². The fraction of sp³-hybridized carbons (Fsp3) is 0.143. The van der Waals surface area contributed by atoms with Gasteiger partial charge in [-0.2, -0.15) is 0 Å². The molecule has 0 saturated carbocycles. The Balaban J connectivity index is 1.90. The summed E-state index contributed by atoms with van der Waals surface area (Å²) in [6.07, 6.45) is 3.43. The van der Waals surface area contributed by atoms with Gasteiger partial charge in [0.2, 0.25) is 0 Å². The predicted octanol–water partition coefficient (Wildman–Crippen LogP) is 2.16. The van der Waals surface area contributed by atoms with Crippen molar-refractivity contribution in [1.82, 2.24) is 25.3 Å². The highest BCUT2D eigenvalue weighted by atomic mass is 16.2. The summed E-state index contributed by atoms with van der Waals surface area (Å²) in [7, 11) is 0. The summed E-state index contributed by atoms with van der Waals surface area (Å²) in [5, 5.41) is 5.31. The van der Waals surface area contributed by atoms with E-state index in [1.807, 2.05) is 19.1 Å². The van der Waals surface area contributed by atoms with E-state index < -0.39 is 0 Å². The van der Waals surface area contributed by atoms with Crippen LogP contribution in [0.3, 0.4) is 0 Å². The zero-order valence-corrected chi connectivity index (χ0v) is 11.4. The van der Waals surface area contributed by atoms with E-state index in [0.717, 1.165) is 11.1 Å². The van der Waals surface area contributed by atoms with E-state index in [2.05, 4.69) is 30.6 Å². The largest absolute Gasteiger partial charge is 0.338 e. The van der Waals surface area contributed by atoms with Crippen LogP contribution in [0, 0.1) is 0 Å². The zero-order chi connectivity index (χ0) is 14.7. The molecule has 2 amide bonds. The number of aromatic amines is 1. The molecule has 0 aliphatic carbocycles. The number of aromatic nitrogens is 4. The number of nitrogens with zero attached hydrogens (tertiary/aromatic N) is 3. The minimum atomic E-state index is -0.281. The minimum absolute atomic E-state index is 0.281. The van der Waals surface area contributed by atoms with E-state index in [1.165, 1.54) is 0 Å². The molecule has 3 aromatic heterocycles. The summed E-state index contributed by atoms with van der Waals surface area (Å²) in [5.41, 5.74) is 2.23. The normalized spacial score (nSPS) is 10.5. The molecular weight excluding hydrogens is 268 g/mol. The van der Waals surface area contributed by atoms with Crippen LogP contribution in [0.2, 0.25) is 0 Å². The monoisotopic (exact) mass is 282 g/mol. The van der Waals surface area contributed by atoms with Gasteiger partial charge in [-0.1, -0.05) is 0 Å². The molecular formula is C14H14N6O. The maximum atomic E-state index is 11.5. The summed E-state index contributed by atoms with van der Waals surface area (Å²) >= 11 is 0. The Hall–Kier alpha value is -2.96. The third-order valence-electron chi connectivity index (χ3n) is 2.86. The van der Waals surface area contributed by atoms with Gasteiger partial charge in [-0.3, -0.25) is 10.3 Å². The Morgan fingerprint density at radius 2 is 2.19 bits per heavy atom. The fourth-order valence-electron chi connectivity index (χ4n) is 1.92. The molecule has 7 heteroatoms. The number of carbonyl (C=O) groups excluding carboxylic acids is 1. The lowest BCUT2D eigenvalue weighted by Gasteiger charge is -2.03. The molecule has 0 atom stereocenters. The molecule has 0 aliphatic heterocycles. The van der Waals surface area contributed by atoms with E-state index in [1.54, 1.807) is 24.5 Å². The van der Waals surface area contributed by atoms with Gasteiger partial charge in [0.1, 0.15) is 17.2 Å². The van der Waals surface area contributed by atoms with Crippen LogP contribution in [-0.2, 0) is 0 Å². The smallest absolute Gasteiger partial charge is 0.320 e. The number of H-pyrrole nitrogens is 1. The molecule has 21 heavy (non-hydrogen) atoms. The maximum absolute atomic E-state index is 11.5. The summed E-state index contributed by atoms with van der Waals surface area (Å²) in [6, 6.07) is 7.00. The molecule has 0 spiro atoms. The van der Waals surface area contributed by atoms with Gasteiger partial charge in [0.05, 0.1) is 0 Å². The quantitative estimate of drug-likeness (QED) is 0.686. The lowest BCUT2D eigenvalue weighted by Crippen LogP contribution is -2.28. The average Bonchev–Trinajstić information content (AvgIpc) is 2.91. The third-order valence-corrected chi connectivity index (χ3v) is 2.86. The summed E-state index contributed by atoms with van der Waals surface area (Å²) in [4.78, 5) is 27.5. The van der Waals surface area contributed by atoms with Crippen molar-refractivity contribution in [1.29, 1.82) is 0 Å². The van der Waals surface area contributed by atoms with Crippen LogP contribution in [0.1, 0.15) is 6.92 Å². The van der Waals surface area contributed by atoms with E-state index in [4.69, 9.17) is 0 Å². The van der Waals surface area contributed by atoms with Gasteiger partial charge in [0.25, 0.3) is 0 Å². The molecule has 106 valence electrons. The fourth-order valence-corrected chi connectivity index (χ4v) is 1.92. The van der Waals surface area contributed by atoms with Crippen LogP contribution in [0.5, 0.6) is 0 Å². The molecule has 3 N–H and O–H groups in total. The van der Waals surface area contributed by atoms with Crippen molar-refractivity contribution in [3.63, 3.8) is 0 Å². The molecule has 3 heterocycles. The first-order chi connectivity index (χ1) is 10.3. The second-order valence-corrected chi connectivity index (χ2v) is 4.38. The molecule has 3 rings (SSSR count). The van der Waals surface area contributed by atoms with E-state index in [0.29, 0.717) is 23.8 Å². The van der Waals surface area contributed by atoms with Gasteiger partial charge in [-0.05, 0) is 31.2 Å². The lowest BCUT2D eigenvalue weighted by molar-refractivity contribution is 0.252. The van der Waals surface area contributed by atoms with Crippen molar-refractivity contribution in [2.45, 2.75) is 6.92 Å². The van der Waals surface area contributed by atoms with Gasteiger partial charge >= 0.3 is 6.03 Å². The Labute approximate surface area is 120 Å². The van der Waals surface area contributed by atoms with E-state index in [9.17, 15) is 4.79 Å². The van der Waals surface area contributed by atoms with Crippen LogP contribution >= 0.6 is 0 Å². The molecule has 7 nitrogen and oxygen atoms in total. The van der Waals surface area contributed by atoms with Crippen LogP contribution in [-0.4, -0.2) is 32.5 Å². The maximum Gasteiger partial charge on any atom is 0.320 e. The number of amides is 2. The van der Waals surface area contributed by atoms with Crippen molar-refractivity contribution in [3.05, 3.63) is 36.7 Å². The number of carbonyl (C=O) groups is 1. The standard InChI is InChI=1S/C14H14N6O/c1-2-16-14(21)19-11-6-5-10-13(18-11)20-12(17-10)9-4-3-7-15-8-9/h3-8H,2H2,1H3,(H3,16,17,18,19,20,21). The summed E-state index contributed by atoms with van der Waals surface area (Å²) in [6.45, 7) is 2.41. The van der Waals surface area contributed by atoms with Crippen molar-refractivity contribution < 1.29 is 4.79 Å². The first-order valence-electron chi connectivity index (χ1n) is 6.58. The first kappa shape index (κ1) is 13.0. The molecule has 0 unspecified atom stereocenters. The number of rotatable bonds is 3. The molecule has 0 saturated heterocycles. The molecule has 0 bridgehead atoms. The van der Waals surface area contributed by atoms with Gasteiger partial charge in [-0.15, -0.1) is 0 Å². The van der Waals surface area contributed by atoms with E-state index in [-0.39, 0.29) is 6.03 Å². The summed E-state index contributed by atoms with van der Waals surface area (Å²) < 4.78 is 0. The van der Waals surface area contributed by atoms with Crippen molar-refractivity contribution in [3.8, 4) is 11.4 Å². The number of hydrogen-bond acceptors (Lipinski definition) is 4. The SMILES string of the molecule is CCNC(=O)Nc1ccc2nc(-c3cccnc3)[nH]c2n1. The van der Waals surface area contributed by atoms with Crippen molar-refractivity contribution in [2.75, 3.05) is 11.9 Å².